The number of hydrogen-bond acceptors (Lipinski definition) is 3. The van der Waals surface area contributed by atoms with Gasteiger partial charge in [-0.1, -0.05) is 23.9 Å². The van der Waals surface area contributed by atoms with E-state index in [0.717, 1.165) is 36.0 Å². The zero-order valence-electron chi connectivity index (χ0n) is 9.81. The Balaban J connectivity index is 2.05. The minimum atomic E-state index is -4.34. The highest BCUT2D eigenvalue weighted by molar-refractivity contribution is 7.99. The van der Waals surface area contributed by atoms with Crippen molar-refractivity contribution in [1.29, 1.82) is 0 Å². The number of benzene rings is 1. The van der Waals surface area contributed by atoms with Crippen LogP contribution in [0, 0.1) is 0 Å². The lowest BCUT2D eigenvalue weighted by molar-refractivity contribution is -0.137. The summed E-state index contributed by atoms with van der Waals surface area (Å²) in [5, 5.41) is 8.81. The summed E-state index contributed by atoms with van der Waals surface area (Å²) < 4.78 is 40.0. The summed E-state index contributed by atoms with van der Waals surface area (Å²) in [6, 6.07) is 5.21. The standard InChI is InChI=1S/C12H10F3N3S/c13-12(14,15)9-4-1-3-8(7-9)10-16-17-11-18(10)5-2-6-19-11/h1,3-4,7H,2,5-6H2. The van der Waals surface area contributed by atoms with Crippen LogP contribution in [0.2, 0.25) is 0 Å². The van der Waals surface area contributed by atoms with Gasteiger partial charge in [0.05, 0.1) is 5.56 Å². The maximum atomic E-state index is 12.7. The molecule has 0 aliphatic carbocycles. The van der Waals surface area contributed by atoms with Gasteiger partial charge in [0.2, 0.25) is 0 Å². The molecule has 3 nitrogen and oxygen atoms in total. The number of thioether (sulfide) groups is 1. The predicted molar refractivity (Wildman–Crippen MR) is 65.8 cm³/mol. The summed E-state index contributed by atoms with van der Waals surface area (Å²) in [4.78, 5) is 0. The van der Waals surface area contributed by atoms with E-state index in [-0.39, 0.29) is 0 Å². The first-order valence-corrected chi connectivity index (χ1v) is 6.78. The second kappa shape index (κ2) is 4.56. The first-order valence-electron chi connectivity index (χ1n) is 5.79. The molecule has 0 atom stereocenters. The van der Waals surface area contributed by atoms with Crippen molar-refractivity contribution in [2.45, 2.75) is 24.3 Å². The Labute approximate surface area is 111 Å². The van der Waals surface area contributed by atoms with Crippen LogP contribution < -0.4 is 0 Å². The highest BCUT2D eigenvalue weighted by Crippen LogP contribution is 2.33. The van der Waals surface area contributed by atoms with Crippen LogP contribution in [0.5, 0.6) is 0 Å². The second-order valence-corrected chi connectivity index (χ2v) is 5.30. The fourth-order valence-electron chi connectivity index (χ4n) is 2.03. The molecule has 0 radical (unpaired) electrons. The first-order chi connectivity index (χ1) is 9.05. The van der Waals surface area contributed by atoms with Gasteiger partial charge >= 0.3 is 6.18 Å². The number of halogens is 3. The van der Waals surface area contributed by atoms with Crippen LogP contribution >= 0.6 is 11.8 Å². The van der Waals surface area contributed by atoms with Gasteiger partial charge in [-0.15, -0.1) is 10.2 Å². The van der Waals surface area contributed by atoms with Crippen LogP contribution in [0.25, 0.3) is 11.4 Å². The summed E-state index contributed by atoms with van der Waals surface area (Å²) in [5.74, 6) is 1.48. The minimum absolute atomic E-state index is 0.455. The average Bonchev–Trinajstić information content (AvgIpc) is 2.82. The van der Waals surface area contributed by atoms with Crippen molar-refractivity contribution in [2.24, 2.45) is 0 Å². The lowest BCUT2D eigenvalue weighted by Crippen LogP contribution is -2.09. The van der Waals surface area contributed by atoms with Crippen molar-refractivity contribution >= 4 is 11.8 Å². The number of nitrogens with zero attached hydrogens (tertiary/aromatic N) is 3. The van der Waals surface area contributed by atoms with Crippen molar-refractivity contribution in [2.75, 3.05) is 5.75 Å². The molecule has 100 valence electrons. The first kappa shape index (κ1) is 12.5. The summed E-state index contributed by atoms with van der Waals surface area (Å²) in [7, 11) is 0. The topological polar surface area (TPSA) is 30.7 Å². The van der Waals surface area contributed by atoms with Crippen molar-refractivity contribution in [1.82, 2.24) is 14.8 Å². The van der Waals surface area contributed by atoms with E-state index in [1.54, 1.807) is 17.8 Å². The Morgan fingerprint density at radius 2 is 2.05 bits per heavy atom. The van der Waals surface area contributed by atoms with Gasteiger partial charge in [0, 0.05) is 17.9 Å². The number of aromatic nitrogens is 3. The van der Waals surface area contributed by atoms with Crippen molar-refractivity contribution in [3.63, 3.8) is 0 Å². The van der Waals surface area contributed by atoms with E-state index in [9.17, 15) is 13.2 Å². The van der Waals surface area contributed by atoms with Crippen LogP contribution in [0.1, 0.15) is 12.0 Å². The molecule has 0 bridgehead atoms. The summed E-state index contributed by atoms with van der Waals surface area (Å²) in [5.41, 5.74) is -0.207. The molecule has 1 aromatic heterocycles. The molecule has 19 heavy (non-hydrogen) atoms. The highest BCUT2D eigenvalue weighted by atomic mass is 32.2. The molecule has 0 N–H and O–H groups in total. The fraction of sp³-hybridized carbons (Fsp3) is 0.333. The molecule has 2 aromatic rings. The number of hydrogen-bond donors (Lipinski definition) is 0. The van der Waals surface area contributed by atoms with Gasteiger partial charge in [0.1, 0.15) is 0 Å². The van der Waals surface area contributed by atoms with Crippen LogP contribution in [0.3, 0.4) is 0 Å². The van der Waals surface area contributed by atoms with Gasteiger partial charge in [-0.25, -0.2) is 0 Å². The molecule has 0 unspecified atom stereocenters. The average molecular weight is 285 g/mol. The van der Waals surface area contributed by atoms with E-state index in [0.29, 0.717) is 11.4 Å². The van der Waals surface area contributed by atoms with Crippen LogP contribution in [-0.4, -0.2) is 20.5 Å². The van der Waals surface area contributed by atoms with Crippen molar-refractivity contribution in [3.05, 3.63) is 29.8 Å². The highest BCUT2D eigenvalue weighted by Gasteiger charge is 2.31. The van der Waals surface area contributed by atoms with E-state index in [1.165, 1.54) is 6.07 Å². The SMILES string of the molecule is FC(F)(F)c1cccc(-c2nnc3n2CCCS3)c1. The molecule has 0 amide bonds. The quantitative estimate of drug-likeness (QED) is 0.804. The summed E-state index contributed by atoms with van der Waals surface area (Å²) in [6.07, 6.45) is -3.36. The number of alkyl halides is 3. The van der Waals surface area contributed by atoms with Gasteiger partial charge in [-0.2, -0.15) is 13.2 Å². The molecular weight excluding hydrogens is 275 g/mol. The number of rotatable bonds is 1. The molecule has 0 saturated heterocycles. The second-order valence-electron chi connectivity index (χ2n) is 4.24. The maximum absolute atomic E-state index is 12.7. The Bertz CT molecular complexity index is 607. The molecule has 7 heteroatoms. The molecule has 3 rings (SSSR count). The number of fused-ring (bicyclic) bond motifs is 1. The van der Waals surface area contributed by atoms with Crippen LogP contribution in [-0.2, 0) is 12.7 Å². The van der Waals surface area contributed by atoms with Gasteiger partial charge in [-0.05, 0) is 18.6 Å². The third-order valence-electron chi connectivity index (χ3n) is 2.92. The van der Waals surface area contributed by atoms with E-state index in [2.05, 4.69) is 10.2 Å². The monoisotopic (exact) mass is 285 g/mol. The lowest BCUT2D eigenvalue weighted by atomic mass is 10.1. The fourth-order valence-corrected chi connectivity index (χ4v) is 2.92. The molecule has 0 spiro atoms. The largest absolute Gasteiger partial charge is 0.416 e. The summed E-state index contributed by atoms with van der Waals surface area (Å²) >= 11 is 1.58. The Morgan fingerprint density at radius 3 is 2.84 bits per heavy atom. The lowest BCUT2D eigenvalue weighted by Gasteiger charge is -2.14. The maximum Gasteiger partial charge on any atom is 0.416 e. The van der Waals surface area contributed by atoms with E-state index >= 15 is 0 Å². The Kier molecular flexibility index (Phi) is 3.00. The molecule has 1 aromatic carbocycles. The predicted octanol–water partition coefficient (Wildman–Crippen LogP) is 3.46. The van der Waals surface area contributed by atoms with Crippen molar-refractivity contribution < 1.29 is 13.2 Å². The third kappa shape index (κ3) is 2.34. The zero-order chi connectivity index (χ0) is 13.5. The van der Waals surface area contributed by atoms with Gasteiger partial charge in [0.25, 0.3) is 0 Å². The van der Waals surface area contributed by atoms with Crippen molar-refractivity contribution in [3.8, 4) is 11.4 Å². The Morgan fingerprint density at radius 1 is 1.21 bits per heavy atom. The molecule has 0 fully saturated rings. The van der Waals surface area contributed by atoms with Crippen LogP contribution in [0.15, 0.2) is 29.4 Å². The van der Waals surface area contributed by atoms with E-state index in [4.69, 9.17) is 0 Å². The van der Waals surface area contributed by atoms with E-state index in [1.807, 2.05) is 4.57 Å². The van der Waals surface area contributed by atoms with Gasteiger partial charge in [0.15, 0.2) is 11.0 Å². The Hall–Kier alpha value is -1.50. The molecule has 2 heterocycles. The molecule has 0 saturated carbocycles. The minimum Gasteiger partial charge on any atom is -0.302 e. The normalized spacial score (nSPS) is 15.3. The zero-order valence-corrected chi connectivity index (χ0v) is 10.6. The van der Waals surface area contributed by atoms with Gasteiger partial charge < -0.3 is 4.57 Å². The third-order valence-corrected chi connectivity index (χ3v) is 3.98. The molecule has 1 aliphatic rings. The van der Waals surface area contributed by atoms with Crippen LogP contribution in [0.4, 0.5) is 13.2 Å². The molecular formula is C12H10F3N3S. The molecule has 1 aliphatic heterocycles. The smallest absolute Gasteiger partial charge is 0.302 e. The van der Waals surface area contributed by atoms with Gasteiger partial charge in [-0.3, -0.25) is 0 Å². The van der Waals surface area contributed by atoms with E-state index < -0.39 is 11.7 Å². The summed E-state index contributed by atoms with van der Waals surface area (Å²) in [6.45, 7) is 0.751.